The SMILES string of the molecule is CC1(O)CCCN(c2cnc(C#N)cn2)C1. The maximum Gasteiger partial charge on any atom is 0.158 e. The van der Waals surface area contributed by atoms with E-state index in [1.165, 1.54) is 6.20 Å². The fourth-order valence-electron chi connectivity index (χ4n) is 1.96. The predicted octanol–water partition coefficient (Wildman–Crippen LogP) is 0.699. The Morgan fingerprint density at radius 3 is 2.88 bits per heavy atom. The van der Waals surface area contributed by atoms with Crippen molar-refractivity contribution in [3.63, 3.8) is 0 Å². The van der Waals surface area contributed by atoms with Gasteiger partial charge in [0.05, 0.1) is 18.0 Å². The molecule has 1 unspecified atom stereocenters. The van der Waals surface area contributed by atoms with Gasteiger partial charge in [0, 0.05) is 13.1 Å². The standard InChI is InChI=1S/C11H14N4O/c1-11(16)3-2-4-15(8-11)10-7-13-9(5-12)6-14-10/h6-7,16H,2-4,8H2,1H3. The molecule has 84 valence electrons. The molecule has 1 fully saturated rings. The van der Waals surface area contributed by atoms with Crippen molar-refractivity contribution in [3.8, 4) is 6.07 Å². The van der Waals surface area contributed by atoms with Crippen molar-refractivity contribution in [2.24, 2.45) is 0 Å². The van der Waals surface area contributed by atoms with Gasteiger partial charge in [0.15, 0.2) is 5.69 Å². The van der Waals surface area contributed by atoms with Gasteiger partial charge < -0.3 is 10.0 Å². The second kappa shape index (κ2) is 4.06. The van der Waals surface area contributed by atoms with Crippen molar-refractivity contribution >= 4 is 5.82 Å². The molecule has 1 N–H and O–H groups in total. The Bertz CT molecular complexity index is 407. The molecule has 1 aromatic rings. The summed E-state index contributed by atoms with van der Waals surface area (Å²) in [5.41, 5.74) is -0.346. The van der Waals surface area contributed by atoms with E-state index in [0.717, 1.165) is 25.2 Å². The average molecular weight is 218 g/mol. The van der Waals surface area contributed by atoms with Crippen LogP contribution in [-0.2, 0) is 0 Å². The van der Waals surface area contributed by atoms with Gasteiger partial charge in [-0.3, -0.25) is 0 Å². The van der Waals surface area contributed by atoms with Crippen LogP contribution in [0.2, 0.25) is 0 Å². The fourth-order valence-corrected chi connectivity index (χ4v) is 1.96. The first kappa shape index (κ1) is 10.8. The normalized spacial score (nSPS) is 25.2. The molecule has 5 heteroatoms. The molecule has 0 saturated carbocycles. The van der Waals surface area contributed by atoms with Crippen LogP contribution in [0.1, 0.15) is 25.5 Å². The van der Waals surface area contributed by atoms with Crippen molar-refractivity contribution < 1.29 is 5.11 Å². The van der Waals surface area contributed by atoms with Gasteiger partial charge in [-0.05, 0) is 19.8 Å². The number of β-amino-alcohol motifs (C(OH)–C–C–N with tert-alkyl or cyclic N) is 1. The first-order valence-corrected chi connectivity index (χ1v) is 5.30. The summed E-state index contributed by atoms with van der Waals surface area (Å²) in [6.45, 7) is 3.26. The lowest BCUT2D eigenvalue weighted by Crippen LogP contribution is -2.46. The molecule has 1 atom stereocenters. The Kier molecular flexibility index (Phi) is 2.75. The van der Waals surface area contributed by atoms with Gasteiger partial charge in [0.1, 0.15) is 11.9 Å². The quantitative estimate of drug-likeness (QED) is 0.751. The highest BCUT2D eigenvalue weighted by Gasteiger charge is 2.28. The summed E-state index contributed by atoms with van der Waals surface area (Å²) < 4.78 is 0. The molecule has 0 aliphatic carbocycles. The van der Waals surface area contributed by atoms with Crippen molar-refractivity contribution in [2.45, 2.75) is 25.4 Å². The highest BCUT2D eigenvalue weighted by atomic mass is 16.3. The summed E-state index contributed by atoms with van der Waals surface area (Å²) in [7, 11) is 0. The van der Waals surface area contributed by atoms with E-state index in [2.05, 4.69) is 9.97 Å². The summed E-state index contributed by atoms with van der Waals surface area (Å²) in [6.07, 6.45) is 4.79. The van der Waals surface area contributed by atoms with E-state index in [1.807, 2.05) is 17.9 Å². The Balaban J connectivity index is 2.15. The van der Waals surface area contributed by atoms with Gasteiger partial charge in [0.2, 0.25) is 0 Å². The summed E-state index contributed by atoms with van der Waals surface area (Å²) in [6, 6.07) is 1.93. The fraction of sp³-hybridized carbons (Fsp3) is 0.545. The molecule has 1 saturated heterocycles. The molecule has 0 spiro atoms. The van der Waals surface area contributed by atoms with Crippen LogP contribution in [0.3, 0.4) is 0 Å². The van der Waals surface area contributed by atoms with Crippen molar-refractivity contribution in [1.29, 1.82) is 5.26 Å². The van der Waals surface area contributed by atoms with E-state index >= 15 is 0 Å². The number of aromatic nitrogens is 2. The van der Waals surface area contributed by atoms with E-state index in [-0.39, 0.29) is 0 Å². The van der Waals surface area contributed by atoms with Crippen LogP contribution in [0, 0.1) is 11.3 Å². The summed E-state index contributed by atoms with van der Waals surface area (Å²) in [4.78, 5) is 10.1. The average Bonchev–Trinajstić information content (AvgIpc) is 2.28. The Labute approximate surface area is 94.4 Å². The third kappa shape index (κ3) is 2.28. The number of nitriles is 1. The lowest BCUT2D eigenvalue weighted by Gasteiger charge is -2.37. The molecule has 2 rings (SSSR count). The molecule has 0 bridgehead atoms. The monoisotopic (exact) mass is 218 g/mol. The van der Waals surface area contributed by atoms with Crippen LogP contribution in [-0.4, -0.2) is 33.8 Å². The molecule has 1 aliphatic heterocycles. The van der Waals surface area contributed by atoms with E-state index in [4.69, 9.17) is 5.26 Å². The van der Waals surface area contributed by atoms with Gasteiger partial charge in [-0.1, -0.05) is 0 Å². The molecule has 0 radical (unpaired) electrons. The topological polar surface area (TPSA) is 73.0 Å². The van der Waals surface area contributed by atoms with Gasteiger partial charge in [-0.25, -0.2) is 9.97 Å². The Hall–Kier alpha value is -1.67. The predicted molar refractivity (Wildman–Crippen MR) is 58.8 cm³/mol. The number of rotatable bonds is 1. The Morgan fingerprint density at radius 2 is 2.31 bits per heavy atom. The molecule has 0 aromatic carbocycles. The highest BCUT2D eigenvalue weighted by Crippen LogP contribution is 2.23. The summed E-state index contributed by atoms with van der Waals surface area (Å²) in [5, 5.41) is 18.6. The molecule has 1 aliphatic rings. The maximum atomic E-state index is 9.96. The zero-order valence-corrected chi connectivity index (χ0v) is 9.22. The van der Waals surface area contributed by atoms with Gasteiger partial charge in [-0.2, -0.15) is 5.26 Å². The van der Waals surface area contributed by atoms with Crippen molar-refractivity contribution in [3.05, 3.63) is 18.1 Å². The highest BCUT2D eigenvalue weighted by molar-refractivity contribution is 5.38. The largest absolute Gasteiger partial charge is 0.388 e. The second-order valence-electron chi connectivity index (χ2n) is 4.39. The number of piperidine rings is 1. The van der Waals surface area contributed by atoms with Gasteiger partial charge in [-0.15, -0.1) is 0 Å². The number of aliphatic hydroxyl groups is 1. The van der Waals surface area contributed by atoms with E-state index in [0.29, 0.717) is 12.2 Å². The summed E-state index contributed by atoms with van der Waals surface area (Å²) >= 11 is 0. The van der Waals surface area contributed by atoms with Crippen LogP contribution < -0.4 is 4.90 Å². The zero-order chi connectivity index (χ0) is 11.6. The summed E-state index contributed by atoms with van der Waals surface area (Å²) in [5.74, 6) is 0.721. The zero-order valence-electron chi connectivity index (χ0n) is 9.22. The van der Waals surface area contributed by atoms with E-state index < -0.39 is 5.60 Å². The van der Waals surface area contributed by atoms with Gasteiger partial charge >= 0.3 is 0 Å². The van der Waals surface area contributed by atoms with Crippen molar-refractivity contribution in [1.82, 2.24) is 9.97 Å². The van der Waals surface area contributed by atoms with Crippen LogP contribution >= 0.6 is 0 Å². The lowest BCUT2D eigenvalue weighted by molar-refractivity contribution is 0.0447. The number of nitrogens with zero attached hydrogens (tertiary/aromatic N) is 4. The van der Waals surface area contributed by atoms with Crippen LogP contribution in [0.4, 0.5) is 5.82 Å². The third-order valence-corrected chi connectivity index (χ3v) is 2.75. The molecule has 5 nitrogen and oxygen atoms in total. The molecular weight excluding hydrogens is 204 g/mol. The lowest BCUT2D eigenvalue weighted by atomic mass is 9.95. The van der Waals surface area contributed by atoms with Crippen molar-refractivity contribution in [2.75, 3.05) is 18.0 Å². The van der Waals surface area contributed by atoms with E-state index in [9.17, 15) is 5.11 Å². The smallest absolute Gasteiger partial charge is 0.158 e. The number of anilines is 1. The number of hydrogen-bond donors (Lipinski definition) is 1. The third-order valence-electron chi connectivity index (χ3n) is 2.75. The van der Waals surface area contributed by atoms with Crippen LogP contribution in [0.25, 0.3) is 0 Å². The molecule has 0 amide bonds. The molecule has 1 aromatic heterocycles. The van der Waals surface area contributed by atoms with Crippen LogP contribution in [0.5, 0.6) is 0 Å². The molecular formula is C11H14N4O. The number of hydrogen-bond acceptors (Lipinski definition) is 5. The first-order valence-electron chi connectivity index (χ1n) is 5.30. The van der Waals surface area contributed by atoms with Gasteiger partial charge in [0.25, 0.3) is 0 Å². The second-order valence-corrected chi connectivity index (χ2v) is 4.39. The Morgan fingerprint density at radius 1 is 1.50 bits per heavy atom. The minimum Gasteiger partial charge on any atom is -0.388 e. The first-order chi connectivity index (χ1) is 7.61. The van der Waals surface area contributed by atoms with E-state index in [1.54, 1.807) is 6.20 Å². The molecule has 2 heterocycles. The van der Waals surface area contributed by atoms with Crippen LogP contribution in [0.15, 0.2) is 12.4 Å². The maximum absolute atomic E-state index is 9.96. The molecule has 16 heavy (non-hydrogen) atoms. The minimum atomic E-state index is -0.659. The minimum absolute atomic E-state index is 0.313.